The number of aliphatic hydroxyl groups excluding tert-OH is 1. The lowest BCUT2D eigenvalue weighted by molar-refractivity contribution is 0.192. The summed E-state index contributed by atoms with van der Waals surface area (Å²) in [6.07, 6.45) is 0. The number of imidazole rings is 1. The number of aryl methyl sites for hydroxylation is 1. The van der Waals surface area contributed by atoms with E-state index in [-0.39, 0.29) is 6.61 Å². The number of aromatic nitrogens is 2. The quantitative estimate of drug-likeness (QED) is 0.795. The zero-order valence-electron chi connectivity index (χ0n) is 12.3. The highest BCUT2D eigenvalue weighted by Gasteiger charge is 2.13. The molecule has 5 heteroatoms. The van der Waals surface area contributed by atoms with Gasteiger partial charge in [-0.25, -0.2) is 4.98 Å². The summed E-state index contributed by atoms with van der Waals surface area (Å²) in [4.78, 5) is 6.93. The predicted molar refractivity (Wildman–Crippen MR) is 81.6 cm³/mol. The molecular weight excluding hydrogens is 252 g/mol. The van der Waals surface area contributed by atoms with E-state index in [1.807, 2.05) is 0 Å². The third-order valence-corrected chi connectivity index (χ3v) is 3.56. The molecule has 1 aromatic heterocycles. The molecule has 0 atom stereocenters. The summed E-state index contributed by atoms with van der Waals surface area (Å²) in [7, 11) is 0. The largest absolute Gasteiger partial charge is 0.395 e. The minimum absolute atomic E-state index is 0.171. The lowest BCUT2D eigenvalue weighted by Gasteiger charge is -2.19. The third-order valence-electron chi connectivity index (χ3n) is 3.56. The van der Waals surface area contributed by atoms with E-state index >= 15 is 0 Å². The molecule has 5 nitrogen and oxygen atoms in total. The van der Waals surface area contributed by atoms with Crippen LogP contribution in [0.25, 0.3) is 11.0 Å². The van der Waals surface area contributed by atoms with Gasteiger partial charge in [0.1, 0.15) is 5.82 Å². The van der Waals surface area contributed by atoms with Crippen molar-refractivity contribution in [2.75, 3.05) is 26.2 Å². The SMILES string of the molecule is CCN(CCO)Cc1nc2cc(C)ccc2n1CCN. The van der Waals surface area contributed by atoms with Crippen molar-refractivity contribution in [3.8, 4) is 0 Å². The van der Waals surface area contributed by atoms with E-state index in [0.717, 1.165) is 36.5 Å². The monoisotopic (exact) mass is 276 g/mol. The molecule has 2 aromatic rings. The van der Waals surface area contributed by atoms with Gasteiger partial charge in [-0.2, -0.15) is 0 Å². The summed E-state index contributed by atoms with van der Waals surface area (Å²) >= 11 is 0. The number of nitrogens with two attached hydrogens (primary N) is 1. The first-order valence-electron chi connectivity index (χ1n) is 7.18. The van der Waals surface area contributed by atoms with E-state index < -0.39 is 0 Å². The van der Waals surface area contributed by atoms with Crippen molar-refractivity contribution in [1.82, 2.24) is 14.5 Å². The average Bonchev–Trinajstić information content (AvgIpc) is 2.76. The number of hydrogen-bond donors (Lipinski definition) is 2. The number of likely N-dealkylation sites (N-methyl/N-ethyl adjacent to an activating group) is 1. The Morgan fingerprint density at radius 2 is 2.20 bits per heavy atom. The molecule has 20 heavy (non-hydrogen) atoms. The predicted octanol–water partition coefficient (Wildman–Crippen LogP) is 1.12. The molecule has 0 fully saturated rings. The van der Waals surface area contributed by atoms with Crippen LogP contribution < -0.4 is 5.73 Å². The first-order valence-corrected chi connectivity index (χ1v) is 7.18. The molecule has 1 heterocycles. The zero-order chi connectivity index (χ0) is 14.5. The molecule has 0 bridgehead atoms. The van der Waals surface area contributed by atoms with E-state index in [2.05, 4.69) is 41.5 Å². The van der Waals surface area contributed by atoms with Crippen LogP contribution in [0.4, 0.5) is 0 Å². The van der Waals surface area contributed by atoms with Crippen molar-refractivity contribution < 1.29 is 5.11 Å². The topological polar surface area (TPSA) is 67.3 Å². The number of benzene rings is 1. The van der Waals surface area contributed by atoms with Gasteiger partial charge in [-0.15, -0.1) is 0 Å². The fourth-order valence-electron chi connectivity index (χ4n) is 2.48. The second kappa shape index (κ2) is 6.83. The molecule has 2 rings (SSSR count). The summed E-state index contributed by atoms with van der Waals surface area (Å²) < 4.78 is 2.19. The minimum atomic E-state index is 0.171. The van der Waals surface area contributed by atoms with Crippen LogP contribution in [0.3, 0.4) is 0 Å². The molecule has 0 saturated carbocycles. The normalized spacial score (nSPS) is 11.7. The lowest BCUT2D eigenvalue weighted by Crippen LogP contribution is -2.28. The van der Waals surface area contributed by atoms with E-state index in [9.17, 15) is 0 Å². The van der Waals surface area contributed by atoms with Gasteiger partial charge >= 0.3 is 0 Å². The Balaban J connectivity index is 2.37. The second-order valence-corrected chi connectivity index (χ2v) is 5.05. The Labute approximate surface area is 120 Å². The molecule has 0 aliphatic heterocycles. The van der Waals surface area contributed by atoms with Crippen molar-refractivity contribution in [1.29, 1.82) is 0 Å². The van der Waals surface area contributed by atoms with Gasteiger partial charge in [-0.3, -0.25) is 4.90 Å². The summed E-state index contributed by atoms with van der Waals surface area (Å²) in [5, 5.41) is 9.11. The Hall–Kier alpha value is -1.43. The smallest absolute Gasteiger partial charge is 0.124 e. The molecule has 0 saturated heterocycles. The maximum atomic E-state index is 9.11. The summed E-state index contributed by atoms with van der Waals surface area (Å²) in [5.74, 6) is 1.02. The molecule has 0 radical (unpaired) electrons. The van der Waals surface area contributed by atoms with E-state index in [1.165, 1.54) is 5.56 Å². The first kappa shape index (κ1) is 15.0. The van der Waals surface area contributed by atoms with Gasteiger partial charge in [0.05, 0.1) is 24.2 Å². The maximum Gasteiger partial charge on any atom is 0.124 e. The number of nitrogens with zero attached hydrogens (tertiary/aromatic N) is 3. The summed E-state index contributed by atoms with van der Waals surface area (Å²) in [5.41, 5.74) is 9.10. The number of aliphatic hydroxyl groups is 1. The molecule has 3 N–H and O–H groups in total. The molecule has 0 spiro atoms. The van der Waals surface area contributed by atoms with Gasteiger partial charge in [0.15, 0.2) is 0 Å². The molecule has 0 amide bonds. The highest BCUT2D eigenvalue weighted by atomic mass is 16.3. The van der Waals surface area contributed by atoms with E-state index in [0.29, 0.717) is 13.1 Å². The van der Waals surface area contributed by atoms with Crippen molar-refractivity contribution in [2.45, 2.75) is 26.9 Å². The average molecular weight is 276 g/mol. The van der Waals surface area contributed by atoms with Gasteiger partial charge in [-0.05, 0) is 31.2 Å². The van der Waals surface area contributed by atoms with Crippen molar-refractivity contribution in [2.24, 2.45) is 5.73 Å². The Bertz CT molecular complexity index is 564. The van der Waals surface area contributed by atoms with Crippen LogP contribution in [0.15, 0.2) is 18.2 Å². The Morgan fingerprint density at radius 1 is 1.40 bits per heavy atom. The van der Waals surface area contributed by atoms with E-state index in [4.69, 9.17) is 15.8 Å². The van der Waals surface area contributed by atoms with Gasteiger partial charge in [0, 0.05) is 19.6 Å². The van der Waals surface area contributed by atoms with Crippen LogP contribution in [-0.2, 0) is 13.1 Å². The standard InChI is InChI=1S/C15H24N4O/c1-3-18(8-9-20)11-15-17-13-10-12(2)4-5-14(13)19(15)7-6-16/h4-5,10,20H,3,6-9,11,16H2,1-2H3. The molecular formula is C15H24N4O. The molecule has 110 valence electrons. The summed E-state index contributed by atoms with van der Waals surface area (Å²) in [6.45, 7) is 8.01. The van der Waals surface area contributed by atoms with Gasteiger partial charge < -0.3 is 15.4 Å². The lowest BCUT2D eigenvalue weighted by atomic mass is 10.2. The molecule has 1 aromatic carbocycles. The fraction of sp³-hybridized carbons (Fsp3) is 0.533. The second-order valence-electron chi connectivity index (χ2n) is 5.05. The highest BCUT2D eigenvalue weighted by Crippen LogP contribution is 2.18. The van der Waals surface area contributed by atoms with Gasteiger partial charge in [0.2, 0.25) is 0 Å². The van der Waals surface area contributed by atoms with Crippen molar-refractivity contribution in [3.63, 3.8) is 0 Å². The highest BCUT2D eigenvalue weighted by molar-refractivity contribution is 5.76. The van der Waals surface area contributed by atoms with Gasteiger partial charge in [0.25, 0.3) is 0 Å². The summed E-state index contributed by atoms with van der Waals surface area (Å²) in [6, 6.07) is 6.32. The fourth-order valence-corrected chi connectivity index (χ4v) is 2.48. The minimum Gasteiger partial charge on any atom is -0.395 e. The van der Waals surface area contributed by atoms with Crippen LogP contribution in [-0.4, -0.2) is 45.8 Å². The molecule has 0 unspecified atom stereocenters. The van der Waals surface area contributed by atoms with Crippen LogP contribution >= 0.6 is 0 Å². The number of rotatable bonds is 7. The van der Waals surface area contributed by atoms with Crippen molar-refractivity contribution in [3.05, 3.63) is 29.6 Å². The Kier molecular flexibility index (Phi) is 5.11. The molecule has 0 aliphatic carbocycles. The number of fused-ring (bicyclic) bond motifs is 1. The Morgan fingerprint density at radius 3 is 2.85 bits per heavy atom. The van der Waals surface area contributed by atoms with Gasteiger partial charge in [-0.1, -0.05) is 13.0 Å². The zero-order valence-corrected chi connectivity index (χ0v) is 12.3. The van der Waals surface area contributed by atoms with Crippen LogP contribution in [0.1, 0.15) is 18.3 Å². The van der Waals surface area contributed by atoms with Crippen LogP contribution in [0.5, 0.6) is 0 Å². The maximum absolute atomic E-state index is 9.11. The van der Waals surface area contributed by atoms with Crippen LogP contribution in [0, 0.1) is 6.92 Å². The van der Waals surface area contributed by atoms with Crippen molar-refractivity contribution >= 4 is 11.0 Å². The number of hydrogen-bond acceptors (Lipinski definition) is 4. The molecule has 0 aliphatic rings. The van der Waals surface area contributed by atoms with Crippen LogP contribution in [0.2, 0.25) is 0 Å². The first-order chi connectivity index (χ1) is 9.69. The third kappa shape index (κ3) is 3.17. The van der Waals surface area contributed by atoms with E-state index in [1.54, 1.807) is 0 Å².